The molecule has 0 amide bonds. The molecule has 1 heterocycles. The highest BCUT2D eigenvalue weighted by Crippen LogP contribution is 2.45. The summed E-state index contributed by atoms with van der Waals surface area (Å²) in [5, 5.41) is 4.05. The second-order valence-electron chi connectivity index (χ2n) is 5.72. The third kappa shape index (κ3) is 2.77. The van der Waals surface area contributed by atoms with E-state index in [1.807, 2.05) is 24.3 Å². The number of methoxy groups -OCH3 is 1. The average molecular weight is 314 g/mol. The highest BCUT2D eigenvalue weighted by atomic mass is 35.5. The summed E-state index contributed by atoms with van der Waals surface area (Å²) < 4.78 is 5.08. The summed E-state index contributed by atoms with van der Waals surface area (Å²) in [5.74, 6) is 1.54. The first-order chi connectivity index (χ1) is 9.41. The van der Waals surface area contributed by atoms with Crippen molar-refractivity contribution in [1.29, 1.82) is 0 Å². The first-order valence-corrected chi connectivity index (χ1v) is 8.14. The smallest absolute Gasteiger partial charge is 0.332 e. The number of hydrogen-bond donors (Lipinski definition) is 1. The van der Waals surface area contributed by atoms with Gasteiger partial charge in [-0.3, -0.25) is 0 Å². The average Bonchev–Trinajstić information content (AvgIpc) is 2.40. The normalized spacial score (nSPS) is 25.0. The number of rotatable bonds is 3. The monoisotopic (exact) mass is 313 g/mol. The van der Waals surface area contributed by atoms with Crippen LogP contribution in [0.4, 0.5) is 5.69 Å². The van der Waals surface area contributed by atoms with Gasteiger partial charge >= 0.3 is 5.97 Å². The van der Waals surface area contributed by atoms with Crippen molar-refractivity contribution in [3.8, 4) is 0 Å². The van der Waals surface area contributed by atoms with Gasteiger partial charge in [0, 0.05) is 21.9 Å². The van der Waals surface area contributed by atoms with Gasteiger partial charge in [0.25, 0.3) is 0 Å². The second-order valence-corrected chi connectivity index (χ2v) is 7.26. The van der Waals surface area contributed by atoms with Crippen LogP contribution >= 0.6 is 23.4 Å². The van der Waals surface area contributed by atoms with Crippen molar-refractivity contribution in [2.75, 3.05) is 23.9 Å². The zero-order valence-electron chi connectivity index (χ0n) is 12.0. The number of carbonyl (C=O) groups excluding carboxylic acids is 1. The van der Waals surface area contributed by atoms with Crippen molar-refractivity contribution < 1.29 is 9.53 Å². The Morgan fingerprint density at radius 2 is 2.20 bits per heavy atom. The van der Waals surface area contributed by atoms with E-state index in [2.05, 4.69) is 19.2 Å². The molecule has 1 aliphatic rings. The van der Waals surface area contributed by atoms with Gasteiger partial charge in [-0.25, -0.2) is 4.79 Å². The molecule has 0 spiro atoms. The van der Waals surface area contributed by atoms with Crippen molar-refractivity contribution in [2.45, 2.75) is 25.8 Å². The Labute approximate surface area is 129 Å². The maximum absolute atomic E-state index is 12.5. The topological polar surface area (TPSA) is 38.3 Å². The lowest BCUT2D eigenvalue weighted by Crippen LogP contribution is -2.61. The van der Waals surface area contributed by atoms with Crippen molar-refractivity contribution in [1.82, 2.24) is 0 Å². The van der Waals surface area contributed by atoms with Crippen LogP contribution in [0.15, 0.2) is 24.3 Å². The van der Waals surface area contributed by atoms with Gasteiger partial charge in [-0.05, 0) is 30.4 Å². The number of nitrogens with one attached hydrogen (secondary N) is 1. The lowest BCUT2D eigenvalue weighted by atomic mass is 9.70. The van der Waals surface area contributed by atoms with Crippen LogP contribution in [0.5, 0.6) is 0 Å². The Hall–Kier alpha value is -0.870. The molecule has 0 bridgehead atoms. The highest BCUT2D eigenvalue weighted by Gasteiger charge is 2.53. The van der Waals surface area contributed by atoms with Gasteiger partial charge in [-0.1, -0.05) is 31.5 Å². The molecule has 1 atom stereocenters. The van der Waals surface area contributed by atoms with Crippen LogP contribution < -0.4 is 5.32 Å². The van der Waals surface area contributed by atoms with Crippen LogP contribution in [0.2, 0.25) is 5.02 Å². The number of hydrogen-bond acceptors (Lipinski definition) is 4. The standard InChI is InChI=1S/C15H20ClNO2S/c1-14(2)7-8-20-10-15(14,13(18)19-3)17-12-6-4-5-11(16)9-12/h4-6,9,17H,7-8,10H2,1-3H3. The van der Waals surface area contributed by atoms with Crippen molar-refractivity contribution in [2.24, 2.45) is 5.41 Å². The van der Waals surface area contributed by atoms with E-state index >= 15 is 0 Å². The summed E-state index contributed by atoms with van der Waals surface area (Å²) >= 11 is 7.81. The van der Waals surface area contributed by atoms with Crippen LogP contribution in [-0.2, 0) is 9.53 Å². The number of anilines is 1. The molecule has 110 valence electrons. The van der Waals surface area contributed by atoms with E-state index in [4.69, 9.17) is 16.3 Å². The molecule has 20 heavy (non-hydrogen) atoms. The summed E-state index contributed by atoms with van der Waals surface area (Å²) in [4.78, 5) is 12.5. The van der Waals surface area contributed by atoms with E-state index in [9.17, 15) is 4.79 Å². The first kappa shape index (κ1) is 15.5. The van der Waals surface area contributed by atoms with E-state index in [1.54, 1.807) is 11.8 Å². The van der Waals surface area contributed by atoms with E-state index in [0.29, 0.717) is 10.8 Å². The molecule has 3 nitrogen and oxygen atoms in total. The lowest BCUT2D eigenvalue weighted by Gasteiger charge is -2.48. The van der Waals surface area contributed by atoms with Gasteiger partial charge < -0.3 is 10.1 Å². The highest BCUT2D eigenvalue weighted by molar-refractivity contribution is 7.99. The van der Waals surface area contributed by atoms with Gasteiger partial charge in [-0.15, -0.1) is 0 Å². The van der Waals surface area contributed by atoms with Crippen molar-refractivity contribution in [3.63, 3.8) is 0 Å². The number of halogens is 1. The zero-order chi connectivity index (χ0) is 14.8. The summed E-state index contributed by atoms with van der Waals surface area (Å²) in [6.07, 6.45) is 0.959. The minimum absolute atomic E-state index is 0.187. The molecule has 5 heteroatoms. The second kappa shape index (κ2) is 5.86. The van der Waals surface area contributed by atoms with Crippen molar-refractivity contribution in [3.05, 3.63) is 29.3 Å². The summed E-state index contributed by atoms with van der Waals surface area (Å²) in [6, 6.07) is 7.45. The number of esters is 1. The molecule has 0 aliphatic carbocycles. The van der Waals surface area contributed by atoms with Gasteiger partial charge in [0.1, 0.15) is 5.54 Å². The van der Waals surface area contributed by atoms with Crippen LogP contribution in [0.25, 0.3) is 0 Å². The minimum Gasteiger partial charge on any atom is -0.467 e. The van der Waals surface area contributed by atoms with E-state index in [0.717, 1.165) is 17.9 Å². The Morgan fingerprint density at radius 1 is 1.45 bits per heavy atom. The van der Waals surface area contributed by atoms with Crippen LogP contribution in [0.1, 0.15) is 20.3 Å². The summed E-state index contributed by atoms with van der Waals surface area (Å²) in [7, 11) is 1.44. The zero-order valence-corrected chi connectivity index (χ0v) is 13.6. The summed E-state index contributed by atoms with van der Waals surface area (Å²) in [5.41, 5.74) is -0.0679. The number of benzene rings is 1. The van der Waals surface area contributed by atoms with E-state index in [-0.39, 0.29) is 11.4 Å². The molecule has 0 radical (unpaired) electrons. The van der Waals surface area contributed by atoms with Crippen LogP contribution in [0, 0.1) is 5.41 Å². The lowest BCUT2D eigenvalue weighted by molar-refractivity contribution is -0.149. The maximum Gasteiger partial charge on any atom is 0.332 e. The fourth-order valence-electron chi connectivity index (χ4n) is 2.54. The molecule has 1 fully saturated rings. The molecule has 1 saturated heterocycles. The molecule has 0 aromatic heterocycles. The fraction of sp³-hybridized carbons (Fsp3) is 0.533. The van der Waals surface area contributed by atoms with Crippen LogP contribution in [-0.4, -0.2) is 30.1 Å². The largest absolute Gasteiger partial charge is 0.467 e. The van der Waals surface area contributed by atoms with Crippen molar-refractivity contribution >= 4 is 35.0 Å². The number of carbonyl (C=O) groups is 1. The molecule has 1 unspecified atom stereocenters. The summed E-state index contributed by atoms with van der Waals surface area (Å²) in [6.45, 7) is 4.22. The van der Waals surface area contributed by atoms with E-state index in [1.165, 1.54) is 7.11 Å². The van der Waals surface area contributed by atoms with Gasteiger partial charge in [0.15, 0.2) is 0 Å². The Kier molecular flexibility index (Phi) is 4.55. The van der Waals surface area contributed by atoms with Gasteiger partial charge in [0.2, 0.25) is 0 Å². The number of thioether (sulfide) groups is 1. The third-order valence-corrected chi connectivity index (χ3v) is 5.43. The molecule has 0 saturated carbocycles. The molecular formula is C15H20ClNO2S. The quantitative estimate of drug-likeness (QED) is 0.861. The maximum atomic E-state index is 12.5. The molecule has 1 aromatic rings. The predicted octanol–water partition coefficient (Wildman–Crippen LogP) is 3.83. The van der Waals surface area contributed by atoms with Gasteiger partial charge in [-0.2, -0.15) is 11.8 Å². The molecule has 1 aromatic carbocycles. The first-order valence-electron chi connectivity index (χ1n) is 6.61. The Morgan fingerprint density at radius 3 is 2.80 bits per heavy atom. The number of ether oxygens (including phenoxy) is 1. The fourth-order valence-corrected chi connectivity index (χ4v) is 4.42. The Balaban J connectivity index is 2.39. The SMILES string of the molecule is COC(=O)C1(Nc2cccc(Cl)c2)CSCCC1(C)C. The molecule has 1 aliphatic heterocycles. The molecule has 1 N–H and O–H groups in total. The van der Waals surface area contributed by atoms with Crippen LogP contribution in [0.3, 0.4) is 0 Å². The van der Waals surface area contributed by atoms with Gasteiger partial charge in [0.05, 0.1) is 7.11 Å². The Bertz CT molecular complexity index is 506. The molecule has 2 rings (SSSR count). The molecular weight excluding hydrogens is 294 g/mol. The van der Waals surface area contributed by atoms with E-state index < -0.39 is 5.54 Å². The minimum atomic E-state index is -0.727. The predicted molar refractivity (Wildman–Crippen MR) is 85.5 cm³/mol. The third-order valence-electron chi connectivity index (χ3n) is 4.06.